The number of carbonyl (C=O) groups excluding carboxylic acids is 1. The molecule has 0 spiro atoms. The van der Waals surface area contributed by atoms with E-state index in [2.05, 4.69) is 5.16 Å². The molecule has 0 fully saturated rings. The van der Waals surface area contributed by atoms with Crippen molar-refractivity contribution in [1.82, 2.24) is 10.1 Å². The topological polar surface area (TPSA) is 66.6 Å². The molecule has 84 valence electrons. The van der Waals surface area contributed by atoms with Crippen LogP contribution in [0.5, 0.6) is 0 Å². The molecule has 1 rings (SSSR count). The molecule has 0 aliphatic carbocycles. The fraction of sp³-hybridized carbons (Fsp3) is 0.600. The van der Waals surface area contributed by atoms with Gasteiger partial charge in [0.05, 0.1) is 12.1 Å². The van der Waals surface area contributed by atoms with E-state index in [1.165, 1.54) is 4.90 Å². The van der Waals surface area contributed by atoms with Crippen LogP contribution in [0.2, 0.25) is 0 Å². The molecule has 0 radical (unpaired) electrons. The predicted molar refractivity (Wildman–Crippen MR) is 54.5 cm³/mol. The Bertz CT molecular complexity index is 357. The molecule has 1 heterocycles. The van der Waals surface area contributed by atoms with Crippen molar-refractivity contribution >= 4 is 5.91 Å². The first-order chi connectivity index (χ1) is 6.88. The van der Waals surface area contributed by atoms with Crippen LogP contribution >= 0.6 is 0 Å². The van der Waals surface area contributed by atoms with E-state index in [9.17, 15) is 4.79 Å². The molecule has 1 amide bonds. The monoisotopic (exact) mass is 212 g/mol. The highest BCUT2D eigenvalue weighted by molar-refractivity contribution is 5.92. The second kappa shape index (κ2) is 4.02. The van der Waals surface area contributed by atoms with Gasteiger partial charge in [0.2, 0.25) is 0 Å². The summed E-state index contributed by atoms with van der Waals surface area (Å²) in [6, 6.07) is 1.58. The van der Waals surface area contributed by atoms with E-state index in [-0.39, 0.29) is 18.2 Å². The number of amides is 1. The molecule has 0 bridgehead atoms. The smallest absolute Gasteiger partial charge is 0.276 e. The third kappa shape index (κ3) is 2.36. The van der Waals surface area contributed by atoms with Gasteiger partial charge >= 0.3 is 0 Å². The van der Waals surface area contributed by atoms with Crippen LogP contribution in [0.1, 0.15) is 30.1 Å². The highest BCUT2D eigenvalue weighted by Crippen LogP contribution is 2.15. The first-order valence-electron chi connectivity index (χ1n) is 4.71. The largest absolute Gasteiger partial charge is 0.394 e. The zero-order valence-electron chi connectivity index (χ0n) is 9.44. The maximum Gasteiger partial charge on any atom is 0.276 e. The van der Waals surface area contributed by atoms with Gasteiger partial charge in [0.25, 0.3) is 5.91 Å². The summed E-state index contributed by atoms with van der Waals surface area (Å²) in [6.45, 7) is 5.17. The van der Waals surface area contributed by atoms with E-state index < -0.39 is 5.54 Å². The van der Waals surface area contributed by atoms with Crippen LogP contribution in [0.15, 0.2) is 10.6 Å². The van der Waals surface area contributed by atoms with Gasteiger partial charge in [-0.05, 0) is 20.8 Å². The van der Waals surface area contributed by atoms with Gasteiger partial charge in [-0.1, -0.05) is 5.16 Å². The number of aromatic nitrogens is 1. The highest BCUT2D eigenvalue weighted by Gasteiger charge is 2.29. The molecule has 1 N–H and O–H groups in total. The number of hydrogen-bond acceptors (Lipinski definition) is 4. The Kier molecular flexibility index (Phi) is 3.14. The number of nitrogens with zero attached hydrogens (tertiary/aromatic N) is 2. The molecule has 0 saturated carbocycles. The number of aryl methyl sites for hydroxylation is 1. The number of carbonyl (C=O) groups is 1. The Morgan fingerprint density at radius 3 is 2.67 bits per heavy atom. The molecule has 0 aliphatic heterocycles. The standard InChI is InChI=1S/C10H16N2O3/c1-7-5-8(11-15-7)9(14)12(4)10(2,3)6-13/h5,13H,6H2,1-4H3. The summed E-state index contributed by atoms with van der Waals surface area (Å²) in [5.41, 5.74) is -0.347. The SMILES string of the molecule is Cc1cc(C(=O)N(C)C(C)(C)CO)no1. The molecule has 5 nitrogen and oxygen atoms in total. The van der Waals surface area contributed by atoms with Crippen molar-refractivity contribution in [2.24, 2.45) is 0 Å². The first kappa shape index (κ1) is 11.7. The zero-order chi connectivity index (χ0) is 11.6. The van der Waals surface area contributed by atoms with Crippen LogP contribution in [-0.4, -0.2) is 40.3 Å². The average Bonchev–Trinajstić information content (AvgIpc) is 2.62. The summed E-state index contributed by atoms with van der Waals surface area (Å²) in [7, 11) is 1.63. The van der Waals surface area contributed by atoms with Gasteiger partial charge in [-0.2, -0.15) is 0 Å². The van der Waals surface area contributed by atoms with Crippen LogP contribution in [0.25, 0.3) is 0 Å². The Labute approximate surface area is 88.7 Å². The van der Waals surface area contributed by atoms with E-state index >= 15 is 0 Å². The van der Waals surface area contributed by atoms with Crippen molar-refractivity contribution in [3.8, 4) is 0 Å². The zero-order valence-corrected chi connectivity index (χ0v) is 9.44. The Morgan fingerprint density at radius 1 is 1.67 bits per heavy atom. The lowest BCUT2D eigenvalue weighted by atomic mass is 10.0. The Balaban J connectivity index is 2.86. The van der Waals surface area contributed by atoms with Gasteiger partial charge in [0.1, 0.15) is 5.76 Å². The predicted octanol–water partition coefficient (Wildman–Crippen LogP) is 0.826. The summed E-state index contributed by atoms with van der Waals surface area (Å²) in [6.07, 6.45) is 0. The van der Waals surface area contributed by atoms with Gasteiger partial charge in [0.15, 0.2) is 5.69 Å². The van der Waals surface area contributed by atoms with Gasteiger partial charge in [-0.25, -0.2) is 0 Å². The summed E-state index contributed by atoms with van der Waals surface area (Å²) in [4.78, 5) is 13.3. The van der Waals surface area contributed by atoms with Crippen LogP contribution in [0, 0.1) is 6.92 Å². The molecule has 5 heteroatoms. The van der Waals surface area contributed by atoms with E-state index in [1.807, 2.05) is 0 Å². The Hall–Kier alpha value is -1.36. The fourth-order valence-electron chi connectivity index (χ4n) is 1.02. The summed E-state index contributed by atoms with van der Waals surface area (Å²) < 4.78 is 4.82. The van der Waals surface area contributed by atoms with Crippen molar-refractivity contribution in [3.05, 3.63) is 17.5 Å². The summed E-state index contributed by atoms with van der Waals surface area (Å²) in [5.74, 6) is 0.333. The molecular weight excluding hydrogens is 196 g/mol. The second-order valence-corrected chi connectivity index (χ2v) is 4.16. The van der Waals surface area contributed by atoms with Crippen LogP contribution in [0.4, 0.5) is 0 Å². The van der Waals surface area contributed by atoms with Crippen LogP contribution in [0.3, 0.4) is 0 Å². The third-order valence-corrected chi connectivity index (χ3v) is 2.45. The van der Waals surface area contributed by atoms with E-state index in [4.69, 9.17) is 9.63 Å². The van der Waals surface area contributed by atoms with Gasteiger partial charge in [-0.15, -0.1) is 0 Å². The van der Waals surface area contributed by atoms with Gasteiger partial charge in [-0.3, -0.25) is 4.79 Å². The Morgan fingerprint density at radius 2 is 2.27 bits per heavy atom. The minimum Gasteiger partial charge on any atom is -0.394 e. The second-order valence-electron chi connectivity index (χ2n) is 4.16. The summed E-state index contributed by atoms with van der Waals surface area (Å²) in [5, 5.41) is 12.8. The lowest BCUT2D eigenvalue weighted by molar-refractivity contribution is 0.0464. The lowest BCUT2D eigenvalue weighted by Crippen LogP contribution is -2.47. The maximum atomic E-state index is 11.9. The van der Waals surface area contributed by atoms with E-state index in [0.717, 1.165) is 0 Å². The summed E-state index contributed by atoms with van der Waals surface area (Å²) >= 11 is 0. The first-order valence-corrected chi connectivity index (χ1v) is 4.71. The van der Waals surface area contributed by atoms with Gasteiger partial charge in [0, 0.05) is 13.1 Å². The number of likely N-dealkylation sites (N-methyl/N-ethyl adjacent to an activating group) is 1. The molecule has 0 unspecified atom stereocenters. The molecule has 1 aromatic rings. The van der Waals surface area contributed by atoms with Crippen molar-refractivity contribution in [1.29, 1.82) is 0 Å². The average molecular weight is 212 g/mol. The van der Waals surface area contributed by atoms with Crippen LogP contribution in [-0.2, 0) is 0 Å². The lowest BCUT2D eigenvalue weighted by Gasteiger charge is -2.33. The molecule has 0 aliphatic rings. The van der Waals surface area contributed by atoms with Crippen molar-refractivity contribution < 1.29 is 14.4 Å². The molecule has 15 heavy (non-hydrogen) atoms. The molecule has 0 atom stereocenters. The van der Waals surface area contributed by atoms with Gasteiger partial charge < -0.3 is 14.5 Å². The van der Waals surface area contributed by atoms with Crippen molar-refractivity contribution in [2.75, 3.05) is 13.7 Å². The minimum atomic E-state index is -0.607. The number of aliphatic hydroxyl groups is 1. The van der Waals surface area contributed by atoms with E-state index in [0.29, 0.717) is 5.76 Å². The third-order valence-electron chi connectivity index (χ3n) is 2.45. The van der Waals surface area contributed by atoms with Crippen LogP contribution < -0.4 is 0 Å². The van der Waals surface area contributed by atoms with E-state index in [1.54, 1.807) is 33.9 Å². The number of aliphatic hydroxyl groups excluding tert-OH is 1. The van der Waals surface area contributed by atoms with Crippen molar-refractivity contribution in [3.63, 3.8) is 0 Å². The molecular formula is C10H16N2O3. The quantitative estimate of drug-likeness (QED) is 0.805. The molecule has 1 aromatic heterocycles. The maximum absolute atomic E-state index is 11.9. The molecule has 0 saturated heterocycles. The minimum absolute atomic E-state index is 0.105. The number of hydrogen-bond donors (Lipinski definition) is 1. The number of rotatable bonds is 3. The molecule has 0 aromatic carbocycles. The highest BCUT2D eigenvalue weighted by atomic mass is 16.5. The fourth-order valence-corrected chi connectivity index (χ4v) is 1.02. The normalized spacial score (nSPS) is 11.5. The van der Waals surface area contributed by atoms with Crippen molar-refractivity contribution in [2.45, 2.75) is 26.3 Å².